The molecule has 4 rings (SSSR count). The van der Waals surface area contributed by atoms with Crippen LogP contribution in [-0.4, -0.2) is 60.2 Å². The van der Waals surface area contributed by atoms with Gasteiger partial charge in [-0.1, -0.05) is 36.4 Å². The number of aromatic nitrogens is 2. The van der Waals surface area contributed by atoms with Crippen molar-refractivity contribution in [1.82, 2.24) is 19.8 Å². The van der Waals surface area contributed by atoms with Crippen LogP contribution in [0.3, 0.4) is 0 Å². The molecule has 2 heterocycles. The Balaban J connectivity index is 0.00000306. The van der Waals surface area contributed by atoms with Gasteiger partial charge in [-0.25, -0.2) is 9.98 Å². The zero-order valence-corrected chi connectivity index (χ0v) is 21.7. The van der Waals surface area contributed by atoms with Gasteiger partial charge >= 0.3 is 0 Å². The minimum absolute atomic E-state index is 0. The minimum Gasteiger partial charge on any atom is -0.497 e. The molecule has 0 radical (unpaired) electrons. The van der Waals surface area contributed by atoms with Gasteiger partial charge in [-0.15, -0.1) is 24.0 Å². The van der Waals surface area contributed by atoms with Crippen LogP contribution in [0.2, 0.25) is 0 Å². The second-order valence-corrected chi connectivity index (χ2v) is 7.80. The average Bonchev–Trinajstić information content (AvgIpc) is 3.29. The quantitative estimate of drug-likeness (QED) is 0.271. The Morgan fingerprint density at radius 1 is 1.06 bits per heavy atom. The third kappa shape index (κ3) is 6.63. The fraction of sp³-hybridized carbons (Fsp3) is 0.360. The van der Waals surface area contributed by atoms with Gasteiger partial charge in [0.1, 0.15) is 18.1 Å². The van der Waals surface area contributed by atoms with Gasteiger partial charge in [0, 0.05) is 63.4 Å². The Morgan fingerprint density at radius 2 is 1.85 bits per heavy atom. The average molecular weight is 560 g/mol. The third-order valence-electron chi connectivity index (χ3n) is 5.70. The van der Waals surface area contributed by atoms with Crippen LogP contribution in [0.4, 0.5) is 5.69 Å². The molecular formula is C25H33IN6O. The summed E-state index contributed by atoms with van der Waals surface area (Å²) < 4.78 is 7.55. The number of aliphatic imine (C=N–C) groups is 1. The lowest BCUT2D eigenvalue weighted by Crippen LogP contribution is -2.52. The Bertz CT molecular complexity index is 1010. The summed E-state index contributed by atoms with van der Waals surface area (Å²) in [5.74, 6) is 2.82. The summed E-state index contributed by atoms with van der Waals surface area (Å²) in [5, 5.41) is 3.46. The highest BCUT2D eigenvalue weighted by molar-refractivity contribution is 14.0. The first kappa shape index (κ1) is 24.9. The van der Waals surface area contributed by atoms with Crippen molar-refractivity contribution in [2.24, 2.45) is 4.99 Å². The van der Waals surface area contributed by atoms with Crippen LogP contribution < -0.4 is 15.0 Å². The highest BCUT2D eigenvalue weighted by Crippen LogP contribution is 2.22. The predicted molar refractivity (Wildman–Crippen MR) is 145 cm³/mol. The van der Waals surface area contributed by atoms with Crippen molar-refractivity contribution in [2.45, 2.75) is 20.0 Å². The lowest BCUT2D eigenvalue weighted by atomic mass is 10.2. The van der Waals surface area contributed by atoms with Gasteiger partial charge in [-0.3, -0.25) is 0 Å². The van der Waals surface area contributed by atoms with Crippen LogP contribution in [0.5, 0.6) is 5.75 Å². The maximum absolute atomic E-state index is 5.38. The monoisotopic (exact) mass is 560 g/mol. The van der Waals surface area contributed by atoms with E-state index >= 15 is 0 Å². The van der Waals surface area contributed by atoms with Crippen LogP contribution in [-0.2, 0) is 13.1 Å². The molecule has 8 heteroatoms. The highest BCUT2D eigenvalue weighted by atomic mass is 127. The number of methoxy groups -OCH3 is 1. The smallest absolute Gasteiger partial charge is 0.194 e. The summed E-state index contributed by atoms with van der Waals surface area (Å²) in [7, 11) is 1.71. The van der Waals surface area contributed by atoms with Crippen LogP contribution in [0.15, 0.2) is 72.0 Å². The van der Waals surface area contributed by atoms with Gasteiger partial charge in [0.15, 0.2) is 5.96 Å². The SMILES string of the molecule is CCNC(=NCc1nccn1Cc1ccccc1)N1CCN(c2cccc(OC)c2)CC1.I. The van der Waals surface area contributed by atoms with Crippen LogP contribution in [0, 0.1) is 0 Å². The van der Waals surface area contributed by atoms with Crippen molar-refractivity contribution >= 4 is 35.6 Å². The second-order valence-electron chi connectivity index (χ2n) is 7.80. The molecule has 0 amide bonds. The molecule has 0 spiro atoms. The number of nitrogens with zero attached hydrogens (tertiary/aromatic N) is 5. The predicted octanol–water partition coefficient (Wildman–Crippen LogP) is 3.85. The number of halogens is 1. The topological polar surface area (TPSA) is 57.9 Å². The second kappa shape index (κ2) is 12.5. The lowest BCUT2D eigenvalue weighted by Gasteiger charge is -2.37. The molecule has 7 nitrogen and oxygen atoms in total. The van der Waals surface area contributed by atoms with E-state index in [1.165, 1.54) is 11.3 Å². The number of piperazine rings is 1. The molecule has 0 bridgehead atoms. The largest absolute Gasteiger partial charge is 0.497 e. The number of nitrogens with one attached hydrogen (secondary N) is 1. The number of hydrogen-bond donors (Lipinski definition) is 1. The Hall–Kier alpha value is -2.75. The van der Waals surface area contributed by atoms with Crippen LogP contribution in [0.1, 0.15) is 18.3 Å². The maximum Gasteiger partial charge on any atom is 0.194 e. The summed E-state index contributed by atoms with van der Waals surface area (Å²) in [6.45, 7) is 8.04. The zero-order chi connectivity index (χ0) is 22.2. The van der Waals surface area contributed by atoms with Crippen molar-refractivity contribution in [3.05, 3.63) is 78.4 Å². The molecule has 2 aromatic carbocycles. The summed E-state index contributed by atoms with van der Waals surface area (Å²) in [6.07, 6.45) is 3.88. The van der Waals surface area contributed by atoms with Crippen molar-refractivity contribution in [3.63, 3.8) is 0 Å². The number of rotatable bonds is 7. The van der Waals surface area contributed by atoms with Crippen LogP contribution in [0.25, 0.3) is 0 Å². The number of benzene rings is 2. The minimum atomic E-state index is 0. The molecule has 0 unspecified atom stereocenters. The number of imidazole rings is 1. The van der Waals surface area contributed by atoms with Gasteiger partial charge < -0.3 is 24.4 Å². The van der Waals surface area contributed by atoms with Crippen LogP contribution >= 0.6 is 24.0 Å². The van der Waals surface area contributed by atoms with E-state index in [0.29, 0.717) is 6.54 Å². The van der Waals surface area contributed by atoms with E-state index in [0.717, 1.165) is 56.8 Å². The normalized spacial score (nSPS) is 14.1. The van der Waals surface area contributed by atoms with Crippen molar-refractivity contribution in [3.8, 4) is 5.75 Å². The first-order chi connectivity index (χ1) is 15.8. The molecule has 1 aromatic heterocycles. The van der Waals surface area contributed by atoms with E-state index in [2.05, 4.69) is 68.0 Å². The van der Waals surface area contributed by atoms with Gasteiger partial charge in [-0.05, 0) is 24.6 Å². The number of hydrogen-bond acceptors (Lipinski definition) is 4. The fourth-order valence-corrected chi connectivity index (χ4v) is 3.97. The van der Waals surface area contributed by atoms with E-state index in [4.69, 9.17) is 9.73 Å². The van der Waals surface area contributed by atoms with Crippen molar-refractivity contribution in [1.29, 1.82) is 0 Å². The molecule has 1 N–H and O–H groups in total. The number of ether oxygens (including phenoxy) is 1. The third-order valence-corrected chi connectivity index (χ3v) is 5.70. The maximum atomic E-state index is 5.38. The molecule has 1 fully saturated rings. The summed E-state index contributed by atoms with van der Waals surface area (Å²) in [5.41, 5.74) is 2.46. The molecule has 0 saturated carbocycles. The van der Waals surface area contributed by atoms with Gasteiger partial charge in [-0.2, -0.15) is 0 Å². The summed E-state index contributed by atoms with van der Waals surface area (Å²) >= 11 is 0. The molecule has 1 aliphatic heterocycles. The summed E-state index contributed by atoms with van der Waals surface area (Å²) in [6, 6.07) is 18.7. The van der Waals surface area contributed by atoms with Gasteiger partial charge in [0.2, 0.25) is 0 Å². The molecule has 3 aromatic rings. The molecule has 33 heavy (non-hydrogen) atoms. The van der Waals surface area contributed by atoms with Crippen molar-refractivity contribution in [2.75, 3.05) is 44.7 Å². The van der Waals surface area contributed by atoms with Gasteiger partial charge in [0.05, 0.1) is 7.11 Å². The van der Waals surface area contributed by atoms with E-state index in [1.807, 2.05) is 30.6 Å². The standard InChI is InChI=1S/C25H32N6O.HI/c1-3-26-25(28-19-24-27-12-13-31(24)20-21-8-5-4-6-9-21)30-16-14-29(15-17-30)22-10-7-11-23(18-22)32-2;/h4-13,18H,3,14-17,19-20H2,1-2H3,(H,26,28);1H. The molecule has 1 saturated heterocycles. The van der Waals surface area contributed by atoms with E-state index in [1.54, 1.807) is 7.11 Å². The first-order valence-electron chi connectivity index (χ1n) is 11.2. The molecule has 176 valence electrons. The number of guanidine groups is 1. The Morgan fingerprint density at radius 3 is 2.58 bits per heavy atom. The Kier molecular flexibility index (Phi) is 9.41. The molecular weight excluding hydrogens is 527 g/mol. The van der Waals surface area contributed by atoms with E-state index < -0.39 is 0 Å². The van der Waals surface area contributed by atoms with Gasteiger partial charge in [0.25, 0.3) is 0 Å². The highest BCUT2D eigenvalue weighted by Gasteiger charge is 2.20. The fourth-order valence-electron chi connectivity index (χ4n) is 3.97. The molecule has 1 aliphatic rings. The lowest BCUT2D eigenvalue weighted by molar-refractivity contribution is 0.371. The van der Waals surface area contributed by atoms with E-state index in [-0.39, 0.29) is 24.0 Å². The zero-order valence-electron chi connectivity index (χ0n) is 19.4. The number of anilines is 1. The van der Waals surface area contributed by atoms with E-state index in [9.17, 15) is 0 Å². The first-order valence-corrected chi connectivity index (χ1v) is 11.2. The summed E-state index contributed by atoms with van der Waals surface area (Å²) in [4.78, 5) is 14.2. The molecule has 0 aliphatic carbocycles. The molecule has 0 atom stereocenters. The van der Waals surface area contributed by atoms with Crippen molar-refractivity contribution < 1.29 is 4.74 Å². The Labute approximate surface area is 213 Å².